The Morgan fingerprint density at radius 3 is 2.52 bits per heavy atom. The molecular weight excluding hydrogens is 353 g/mol. The number of halogens is 3. The lowest BCUT2D eigenvalue weighted by Gasteiger charge is -2.22. The zero-order valence-electron chi connectivity index (χ0n) is 11.7. The summed E-state index contributed by atoms with van der Waals surface area (Å²) >= 11 is 9.22. The number of rotatable bonds is 4. The number of hydrogen-bond acceptors (Lipinski definition) is 1. The number of nitrogens with one attached hydrogen (secondary N) is 1. The number of benzene rings is 2. The summed E-state index contributed by atoms with van der Waals surface area (Å²) in [4.78, 5) is 0. The largest absolute Gasteiger partial charge is 0.378 e. The standard InChI is InChI=1S/C17H16BrClFN/c1-10-8-15(20)14(18)9-16(10)21-17(11-2-3-11)12-4-6-13(19)7-5-12/h4-9,11,17,21H,2-3H2,1H3. The van der Waals surface area contributed by atoms with Gasteiger partial charge in [-0.15, -0.1) is 0 Å². The van der Waals surface area contributed by atoms with Crippen LogP contribution in [0.4, 0.5) is 10.1 Å². The van der Waals surface area contributed by atoms with Crippen LogP contribution in [0.15, 0.2) is 40.9 Å². The van der Waals surface area contributed by atoms with E-state index >= 15 is 0 Å². The molecule has 0 aliphatic heterocycles. The van der Waals surface area contributed by atoms with E-state index in [0.717, 1.165) is 16.3 Å². The lowest BCUT2D eigenvalue weighted by Crippen LogP contribution is -2.13. The molecule has 0 aromatic heterocycles. The van der Waals surface area contributed by atoms with Crippen LogP contribution in [0.25, 0.3) is 0 Å². The van der Waals surface area contributed by atoms with Crippen molar-refractivity contribution in [1.29, 1.82) is 0 Å². The van der Waals surface area contributed by atoms with Gasteiger partial charge < -0.3 is 5.32 Å². The number of aryl methyl sites for hydroxylation is 1. The average molecular weight is 369 g/mol. The van der Waals surface area contributed by atoms with Gasteiger partial charge >= 0.3 is 0 Å². The highest BCUT2D eigenvalue weighted by Gasteiger charge is 2.32. The van der Waals surface area contributed by atoms with Gasteiger partial charge in [0.2, 0.25) is 0 Å². The monoisotopic (exact) mass is 367 g/mol. The first-order chi connectivity index (χ1) is 10.0. The van der Waals surface area contributed by atoms with Gasteiger partial charge in [-0.05, 0) is 77.0 Å². The van der Waals surface area contributed by atoms with Gasteiger partial charge in [0.15, 0.2) is 0 Å². The Morgan fingerprint density at radius 1 is 1.24 bits per heavy atom. The average Bonchev–Trinajstić information content (AvgIpc) is 3.27. The first-order valence-corrected chi connectivity index (χ1v) is 8.19. The third-order valence-corrected chi connectivity index (χ3v) is 4.76. The molecular formula is C17H16BrClFN. The summed E-state index contributed by atoms with van der Waals surface area (Å²) in [5.41, 5.74) is 3.10. The van der Waals surface area contributed by atoms with Gasteiger partial charge in [-0.3, -0.25) is 0 Å². The predicted octanol–water partition coefficient (Wildman–Crippen LogP) is 6.11. The van der Waals surface area contributed by atoms with Gasteiger partial charge in [0.1, 0.15) is 5.82 Å². The van der Waals surface area contributed by atoms with E-state index in [9.17, 15) is 4.39 Å². The summed E-state index contributed by atoms with van der Waals surface area (Å²) in [5.74, 6) is 0.405. The highest BCUT2D eigenvalue weighted by Crippen LogP contribution is 2.43. The van der Waals surface area contributed by atoms with Crippen LogP contribution in [0, 0.1) is 18.7 Å². The van der Waals surface area contributed by atoms with E-state index in [0.29, 0.717) is 10.4 Å². The molecule has 0 bridgehead atoms. The smallest absolute Gasteiger partial charge is 0.137 e. The fourth-order valence-electron chi connectivity index (χ4n) is 2.54. The maximum Gasteiger partial charge on any atom is 0.137 e. The molecule has 1 atom stereocenters. The summed E-state index contributed by atoms with van der Waals surface area (Å²) in [6.07, 6.45) is 2.45. The van der Waals surface area contributed by atoms with E-state index in [2.05, 4.69) is 33.4 Å². The number of hydrogen-bond donors (Lipinski definition) is 1. The molecule has 2 aromatic carbocycles. The Kier molecular flexibility index (Phi) is 4.23. The Hall–Kier alpha value is -1.06. The summed E-state index contributed by atoms with van der Waals surface area (Å²) in [5, 5.41) is 4.32. The molecule has 3 rings (SSSR count). The van der Waals surface area contributed by atoms with Crippen molar-refractivity contribution in [2.24, 2.45) is 5.92 Å². The molecule has 0 spiro atoms. The van der Waals surface area contributed by atoms with E-state index in [1.807, 2.05) is 25.1 Å². The zero-order valence-corrected chi connectivity index (χ0v) is 14.0. The van der Waals surface area contributed by atoms with Crippen LogP contribution in [0.5, 0.6) is 0 Å². The summed E-state index contributed by atoms with van der Waals surface area (Å²) in [6, 6.07) is 11.6. The fraction of sp³-hybridized carbons (Fsp3) is 0.294. The van der Waals surface area contributed by atoms with Crippen LogP contribution in [0.1, 0.15) is 30.0 Å². The van der Waals surface area contributed by atoms with Crippen LogP contribution < -0.4 is 5.32 Å². The van der Waals surface area contributed by atoms with E-state index in [-0.39, 0.29) is 11.9 Å². The van der Waals surface area contributed by atoms with Gasteiger partial charge in [-0.25, -0.2) is 4.39 Å². The third-order valence-electron chi connectivity index (χ3n) is 3.90. The second-order valence-electron chi connectivity index (χ2n) is 5.59. The van der Waals surface area contributed by atoms with Gasteiger partial charge in [0.25, 0.3) is 0 Å². The van der Waals surface area contributed by atoms with Gasteiger partial charge in [0.05, 0.1) is 10.5 Å². The molecule has 4 heteroatoms. The van der Waals surface area contributed by atoms with Crippen molar-refractivity contribution in [3.05, 3.63) is 62.8 Å². The topological polar surface area (TPSA) is 12.0 Å². The van der Waals surface area contributed by atoms with Crippen molar-refractivity contribution in [2.75, 3.05) is 5.32 Å². The Bertz CT molecular complexity index is 653. The van der Waals surface area contributed by atoms with Crippen LogP contribution in [0.3, 0.4) is 0 Å². The van der Waals surface area contributed by atoms with Crippen LogP contribution in [-0.2, 0) is 0 Å². The van der Waals surface area contributed by atoms with Gasteiger partial charge in [0, 0.05) is 10.7 Å². The number of anilines is 1. The third kappa shape index (κ3) is 3.41. The Morgan fingerprint density at radius 2 is 1.90 bits per heavy atom. The van der Waals surface area contributed by atoms with Crippen LogP contribution in [0.2, 0.25) is 5.02 Å². The van der Waals surface area contributed by atoms with Crippen molar-refractivity contribution < 1.29 is 4.39 Å². The molecule has 1 fully saturated rings. The minimum atomic E-state index is -0.229. The molecule has 1 aliphatic carbocycles. The minimum Gasteiger partial charge on any atom is -0.378 e. The Balaban J connectivity index is 1.89. The van der Waals surface area contributed by atoms with Crippen LogP contribution in [-0.4, -0.2) is 0 Å². The molecule has 0 amide bonds. The maximum atomic E-state index is 13.5. The minimum absolute atomic E-state index is 0.229. The van der Waals surface area contributed by atoms with Gasteiger partial charge in [-0.2, -0.15) is 0 Å². The SMILES string of the molecule is Cc1cc(F)c(Br)cc1NC(c1ccc(Cl)cc1)C1CC1. The van der Waals surface area contributed by atoms with Crippen molar-refractivity contribution in [3.63, 3.8) is 0 Å². The molecule has 21 heavy (non-hydrogen) atoms. The van der Waals surface area contributed by atoms with E-state index in [4.69, 9.17) is 11.6 Å². The molecule has 0 radical (unpaired) electrons. The molecule has 1 aliphatic rings. The first kappa shape index (κ1) is 14.9. The zero-order chi connectivity index (χ0) is 15.0. The second-order valence-corrected chi connectivity index (χ2v) is 6.88. The first-order valence-electron chi connectivity index (χ1n) is 7.02. The molecule has 2 aromatic rings. The van der Waals surface area contributed by atoms with Crippen molar-refractivity contribution in [3.8, 4) is 0 Å². The molecule has 110 valence electrons. The van der Waals surface area contributed by atoms with Crippen molar-refractivity contribution in [1.82, 2.24) is 0 Å². The normalized spacial score (nSPS) is 15.8. The highest BCUT2D eigenvalue weighted by atomic mass is 79.9. The van der Waals surface area contributed by atoms with Crippen LogP contribution >= 0.6 is 27.5 Å². The molecule has 0 heterocycles. The quantitative estimate of drug-likeness (QED) is 0.686. The molecule has 1 nitrogen and oxygen atoms in total. The molecule has 0 saturated heterocycles. The Labute approximate surface area is 137 Å². The highest BCUT2D eigenvalue weighted by molar-refractivity contribution is 9.10. The second kappa shape index (κ2) is 5.98. The van der Waals surface area contributed by atoms with Gasteiger partial charge in [-0.1, -0.05) is 23.7 Å². The van der Waals surface area contributed by atoms with Crippen molar-refractivity contribution in [2.45, 2.75) is 25.8 Å². The summed E-state index contributed by atoms with van der Waals surface area (Å²) in [6.45, 7) is 1.92. The molecule has 1 N–H and O–H groups in total. The summed E-state index contributed by atoms with van der Waals surface area (Å²) in [7, 11) is 0. The van der Waals surface area contributed by atoms with E-state index < -0.39 is 0 Å². The van der Waals surface area contributed by atoms with E-state index in [1.54, 1.807) is 6.07 Å². The molecule has 1 saturated carbocycles. The fourth-order valence-corrected chi connectivity index (χ4v) is 3.01. The lowest BCUT2D eigenvalue weighted by molar-refractivity contribution is 0.619. The van der Waals surface area contributed by atoms with E-state index in [1.165, 1.54) is 18.4 Å². The maximum absolute atomic E-state index is 13.5. The van der Waals surface area contributed by atoms with Crippen molar-refractivity contribution >= 4 is 33.2 Å². The predicted molar refractivity (Wildman–Crippen MR) is 89.4 cm³/mol. The summed E-state index contributed by atoms with van der Waals surface area (Å²) < 4.78 is 14.0. The lowest BCUT2D eigenvalue weighted by atomic mass is 10.0. The molecule has 1 unspecified atom stereocenters.